The third-order valence-electron chi connectivity index (χ3n) is 3.06. The maximum absolute atomic E-state index is 5.45. The number of likely N-dealkylation sites (N-methyl/N-ethyl adjacent to an activating group) is 1. The Bertz CT molecular complexity index is 483. The summed E-state index contributed by atoms with van der Waals surface area (Å²) in [6.07, 6.45) is 1.02. The van der Waals surface area contributed by atoms with Crippen LogP contribution in [0, 0.1) is 0 Å². The van der Waals surface area contributed by atoms with Gasteiger partial charge in [-0.05, 0) is 18.5 Å². The molecule has 0 aliphatic heterocycles. The van der Waals surface area contributed by atoms with Crippen LogP contribution in [0.15, 0.2) is 34.9 Å². The van der Waals surface area contributed by atoms with E-state index in [0.29, 0.717) is 24.8 Å². The molecule has 1 aromatic carbocycles. The molecule has 0 fully saturated rings. The van der Waals surface area contributed by atoms with Crippen molar-refractivity contribution in [3.8, 4) is 0 Å². The molecule has 5 nitrogen and oxygen atoms in total. The second-order valence-electron chi connectivity index (χ2n) is 4.41. The minimum absolute atomic E-state index is 0.295. The molecule has 0 spiro atoms. The van der Waals surface area contributed by atoms with Crippen molar-refractivity contribution in [2.75, 3.05) is 13.1 Å². The second kappa shape index (κ2) is 7.01. The van der Waals surface area contributed by atoms with E-state index in [4.69, 9.17) is 10.3 Å². The van der Waals surface area contributed by atoms with E-state index in [-0.39, 0.29) is 0 Å². The molecule has 0 aliphatic carbocycles. The lowest BCUT2D eigenvalue weighted by Crippen LogP contribution is -2.26. The number of benzene rings is 1. The van der Waals surface area contributed by atoms with Crippen molar-refractivity contribution in [1.82, 2.24) is 15.0 Å². The Kier molecular flexibility index (Phi) is 5.06. The SMILES string of the molecule is CCN(CCc1ccccc1)Cc1noc(CN)n1. The summed E-state index contributed by atoms with van der Waals surface area (Å²) in [6, 6.07) is 10.5. The number of rotatable bonds is 7. The van der Waals surface area contributed by atoms with Crippen LogP contribution in [0.4, 0.5) is 0 Å². The van der Waals surface area contributed by atoms with Crippen LogP contribution < -0.4 is 5.73 Å². The third kappa shape index (κ3) is 4.15. The molecule has 2 N–H and O–H groups in total. The smallest absolute Gasteiger partial charge is 0.240 e. The first-order valence-corrected chi connectivity index (χ1v) is 6.59. The van der Waals surface area contributed by atoms with Crippen LogP contribution in [0.3, 0.4) is 0 Å². The Hall–Kier alpha value is -1.72. The zero-order chi connectivity index (χ0) is 13.5. The molecule has 5 heteroatoms. The van der Waals surface area contributed by atoms with Gasteiger partial charge < -0.3 is 10.3 Å². The van der Waals surface area contributed by atoms with Crippen LogP contribution in [-0.4, -0.2) is 28.1 Å². The van der Waals surface area contributed by atoms with Gasteiger partial charge in [0.2, 0.25) is 5.89 Å². The standard InChI is InChI=1S/C14H20N4O/c1-2-18(9-8-12-6-4-3-5-7-12)11-13-16-14(10-15)19-17-13/h3-7H,2,8-11,15H2,1H3. The minimum Gasteiger partial charge on any atom is -0.338 e. The van der Waals surface area contributed by atoms with E-state index in [1.54, 1.807) is 0 Å². The van der Waals surface area contributed by atoms with Crippen molar-refractivity contribution in [2.45, 2.75) is 26.4 Å². The van der Waals surface area contributed by atoms with Gasteiger partial charge in [-0.2, -0.15) is 4.98 Å². The fraction of sp³-hybridized carbons (Fsp3) is 0.429. The quantitative estimate of drug-likeness (QED) is 0.819. The van der Waals surface area contributed by atoms with Gasteiger partial charge in [0.05, 0.1) is 13.1 Å². The largest absolute Gasteiger partial charge is 0.338 e. The van der Waals surface area contributed by atoms with Gasteiger partial charge >= 0.3 is 0 Å². The number of hydrogen-bond donors (Lipinski definition) is 1. The monoisotopic (exact) mass is 260 g/mol. The van der Waals surface area contributed by atoms with Gasteiger partial charge in [0.15, 0.2) is 5.82 Å². The van der Waals surface area contributed by atoms with Crippen molar-refractivity contribution in [1.29, 1.82) is 0 Å². The first-order chi connectivity index (χ1) is 9.31. The Balaban J connectivity index is 1.86. The van der Waals surface area contributed by atoms with E-state index in [0.717, 1.165) is 19.5 Å². The topological polar surface area (TPSA) is 68.2 Å². The molecule has 1 aromatic heterocycles. The van der Waals surface area contributed by atoms with Crippen LogP contribution in [0.5, 0.6) is 0 Å². The minimum atomic E-state index is 0.295. The van der Waals surface area contributed by atoms with Gasteiger partial charge in [-0.25, -0.2) is 0 Å². The van der Waals surface area contributed by atoms with Crippen LogP contribution in [0.1, 0.15) is 24.2 Å². The molecule has 0 bridgehead atoms. The van der Waals surface area contributed by atoms with Crippen LogP contribution in [0.2, 0.25) is 0 Å². The van der Waals surface area contributed by atoms with Crippen molar-refractivity contribution < 1.29 is 4.52 Å². The molecule has 0 saturated carbocycles. The lowest BCUT2D eigenvalue weighted by Gasteiger charge is -2.18. The molecule has 2 rings (SSSR count). The summed E-state index contributed by atoms with van der Waals surface area (Å²) in [5.74, 6) is 1.20. The maximum atomic E-state index is 5.45. The average Bonchev–Trinajstić information content (AvgIpc) is 2.92. The number of nitrogens with two attached hydrogens (primary N) is 1. The molecule has 0 saturated heterocycles. The molecule has 19 heavy (non-hydrogen) atoms. The van der Waals surface area contributed by atoms with Crippen LogP contribution in [0.25, 0.3) is 0 Å². The fourth-order valence-electron chi connectivity index (χ4n) is 1.92. The molecule has 0 atom stereocenters. The van der Waals surface area contributed by atoms with Crippen molar-refractivity contribution in [2.24, 2.45) is 5.73 Å². The van der Waals surface area contributed by atoms with Crippen molar-refractivity contribution in [3.05, 3.63) is 47.6 Å². The second-order valence-corrected chi connectivity index (χ2v) is 4.41. The summed E-state index contributed by atoms with van der Waals surface area (Å²) in [5, 5.41) is 3.92. The van der Waals surface area contributed by atoms with E-state index in [9.17, 15) is 0 Å². The van der Waals surface area contributed by atoms with Crippen LogP contribution in [-0.2, 0) is 19.5 Å². The summed E-state index contributed by atoms with van der Waals surface area (Å²) in [7, 11) is 0. The lowest BCUT2D eigenvalue weighted by molar-refractivity contribution is 0.270. The molecule has 0 unspecified atom stereocenters. The Morgan fingerprint density at radius 1 is 1.26 bits per heavy atom. The fourth-order valence-corrected chi connectivity index (χ4v) is 1.92. The predicted molar refractivity (Wildman–Crippen MR) is 73.3 cm³/mol. The van der Waals surface area contributed by atoms with E-state index in [2.05, 4.69) is 46.2 Å². The molecular formula is C14H20N4O. The van der Waals surface area contributed by atoms with E-state index in [1.165, 1.54) is 5.56 Å². The Labute approximate surface area is 113 Å². The van der Waals surface area contributed by atoms with Crippen molar-refractivity contribution >= 4 is 0 Å². The van der Waals surface area contributed by atoms with Gasteiger partial charge in [-0.3, -0.25) is 4.90 Å². The summed E-state index contributed by atoms with van der Waals surface area (Å²) in [5.41, 5.74) is 6.80. The molecule has 1 heterocycles. The highest BCUT2D eigenvalue weighted by Crippen LogP contribution is 2.05. The Morgan fingerprint density at radius 2 is 2.05 bits per heavy atom. The first kappa shape index (κ1) is 13.7. The number of aromatic nitrogens is 2. The summed E-state index contributed by atoms with van der Waals surface area (Å²) < 4.78 is 5.01. The Morgan fingerprint density at radius 3 is 2.68 bits per heavy atom. The average molecular weight is 260 g/mol. The first-order valence-electron chi connectivity index (χ1n) is 6.59. The molecule has 102 valence electrons. The lowest BCUT2D eigenvalue weighted by atomic mass is 10.1. The summed E-state index contributed by atoms with van der Waals surface area (Å²) in [4.78, 5) is 6.52. The van der Waals surface area contributed by atoms with Crippen molar-refractivity contribution in [3.63, 3.8) is 0 Å². The van der Waals surface area contributed by atoms with E-state index in [1.807, 2.05) is 6.07 Å². The van der Waals surface area contributed by atoms with Gasteiger partial charge in [0.25, 0.3) is 0 Å². The number of nitrogens with zero attached hydrogens (tertiary/aromatic N) is 3. The zero-order valence-electron chi connectivity index (χ0n) is 11.2. The predicted octanol–water partition coefficient (Wildman–Crippen LogP) is 1.59. The molecule has 2 aromatic rings. The maximum Gasteiger partial charge on any atom is 0.240 e. The summed E-state index contributed by atoms with van der Waals surface area (Å²) in [6.45, 7) is 5.07. The molecule has 0 aliphatic rings. The van der Waals surface area contributed by atoms with Gasteiger partial charge in [-0.15, -0.1) is 0 Å². The third-order valence-corrected chi connectivity index (χ3v) is 3.06. The highest BCUT2D eigenvalue weighted by atomic mass is 16.5. The van der Waals surface area contributed by atoms with Crippen LogP contribution >= 0.6 is 0 Å². The highest BCUT2D eigenvalue weighted by molar-refractivity contribution is 5.14. The highest BCUT2D eigenvalue weighted by Gasteiger charge is 2.09. The van der Waals surface area contributed by atoms with Gasteiger partial charge in [0, 0.05) is 6.54 Å². The van der Waals surface area contributed by atoms with Gasteiger partial charge in [-0.1, -0.05) is 42.4 Å². The summed E-state index contributed by atoms with van der Waals surface area (Å²) >= 11 is 0. The molecular weight excluding hydrogens is 240 g/mol. The molecule has 0 amide bonds. The number of hydrogen-bond acceptors (Lipinski definition) is 5. The molecule has 0 radical (unpaired) electrons. The van der Waals surface area contributed by atoms with E-state index >= 15 is 0 Å². The van der Waals surface area contributed by atoms with E-state index < -0.39 is 0 Å². The zero-order valence-corrected chi connectivity index (χ0v) is 11.2. The van der Waals surface area contributed by atoms with Gasteiger partial charge in [0.1, 0.15) is 0 Å². The normalized spacial score (nSPS) is 11.1.